The zero-order chi connectivity index (χ0) is 6.69. The largest absolute Gasteiger partial charge is 0.316 e. The van der Waals surface area contributed by atoms with Crippen LogP contribution in [-0.2, 0) is 0 Å². The van der Waals surface area contributed by atoms with Gasteiger partial charge in [-0.1, -0.05) is 6.92 Å². The molecule has 0 amide bonds. The van der Waals surface area contributed by atoms with Crippen LogP contribution in [0.2, 0.25) is 0 Å². The Morgan fingerprint density at radius 2 is 2.22 bits per heavy atom. The fourth-order valence-electron chi connectivity index (χ4n) is 1.01. The van der Waals surface area contributed by atoms with E-state index in [2.05, 4.69) is 24.1 Å². The van der Waals surface area contributed by atoms with E-state index in [9.17, 15) is 0 Å². The van der Waals surface area contributed by atoms with Crippen LogP contribution >= 0.6 is 0 Å². The van der Waals surface area contributed by atoms with Crippen molar-refractivity contribution in [3.8, 4) is 11.8 Å². The van der Waals surface area contributed by atoms with Crippen molar-refractivity contribution in [1.29, 1.82) is 0 Å². The Morgan fingerprint density at radius 3 is 2.56 bits per heavy atom. The van der Waals surface area contributed by atoms with E-state index in [1.165, 1.54) is 0 Å². The van der Waals surface area contributed by atoms with Crippen LogP contribution in [0, 0.1) is 23.7 Å². The summed E-state index contributed by atoms with van der Waals surface area (Å²) in [5, 5.41) is 3.23. The molecule has 1 N–H and O–H groups in total. The summed E-state index contributed by atoms with van der Waals surface area (Å²) in [6.45, 7) is 6.43. The zero-order valence-corrected chi connectivity index (χ0v) is 6.07. The Morgan fingerprint density at radius 1 is 1.56 bits per heavy atom. The predicted octanol–water partition coefficient (Wildman–Crippen LogP) is 0.865. The molecule has 0 aromatic rings. The standard InChI is InChI=1S/C8H13N/c1-3-4-7(2)8-5-9-6-8/h7-9H,5-6H2,1-2H3. The van der Waals surface area contributed by atoms with Crippen LogP contribution in [0.5, 0.6) is 0 Å². The predicted molar refractivity (Wildman–Crippen MR) is 39.0 cm³/mol. The number of hydrogen-bond acceptors (Lipinski definition) is 1. The molecule has 1 heteroatoms. The molecule has 1 rings (SSSR count). The molecule has 1 fully saturated rings. The van der Waals surface area contributed by atoms with Gasteiger partial charge in [0.05, 0.1) is 0 Å². The van der Waals surface area contributed by atoms with E-state index in [0.717, 1.165) is 19.0 Å². The molecule has 0 radical (unpaired) electrons. The van der Waals surface area contributed by atoms with Crippen molar-refractivity contribution < 1.29 is 0 Å². The lowest BCUT2D eigenvalue weighted by atomic mass is 9.90. The van der Waals surface area contributed by atoms with Gasteiger partial charge in [-0.05, 0) is 12.8 Å². The Kier molecular flexibility index (Phi) is 2.13. The fourth-order valence-corrected chi connectivity index (χ4v) is 1.01. The van der Waals surface area contributed by atoms with Crippen molar-refractivity contribution >= 4 is 0 Å². The third kappa shape index (κ3) is 1.46. The van der Waals surface area contributed by atoms with E-state index >= 15 is 0 Å². The van der Waals surface area contributed by atoms with Crippen molar-refractivity contribution in [3.63, 3.8) is 0 Å². The second kappa shape index (κ2) is 2.89. The molecule has 1 atom stereocenters. The highest BCUT2D eigenvalue weighted by Crippen LogP contribution is 2.13. The Labute approximate surface area is 56.8 Å². The van der Waals surface area contributed by atoms with Gasteiger partial charge in [-0.3, -0.25) is 0 Å². The molecular weight excluding hydrogens is 110 g/mol. The van der Waals surface area contributed by atoms with E-state index in [1.807, 2.05) is 6.92 Å². The van der Waals surface area contributed by atoms with Crippen molar-refractivity contribution in [2.75, 3.05) is 13.1 Å². The van der Waals surface area contributed by atoms with Crippen LogP contribution in [0.15, 0.2) is 0 Å². The smallest absolute Gasteiger partial charge is 0.0226 e. The van der Waals surface area contributed by atoms with Gasteiger partial charge < -0.3 is 5.32 Å². The minimum atomic E-state index is 0.594. The van der Waals surface area contributed by atoms with Crippen LogP contribution in [0.25, 0.3) is 0 Å². The second-order valence-corrected chi connectivity index (χ2v) is 2.60. The van der Waals surface area contributed by atoms with Gasteiger partial charge in [0.2, 0.25) is 0 Å². The maximum absolute atomic E-state index is 3.23. The highest BCUT2D eigenvalue weighted by atomic mass is 14.9. The van der Waals surface area contributed by atoms with Crippen LogP contribution in [0.4, 0.5) is 0 Å². The van der Waals surface area contributed by atoms with E-state index in [1.54, 1.807) is 0 Å². The van der Waals surface area contributed by atoms with Gasteiger partial charge in [0.25, 0.3) is 0 Å². The third-order valence-corrected chi connectivity index (χ3v) is 1.89. The molecule has 0 bridgehead atoms. The molecule has 1 nitrogen and oxygen atoms in total. The number of nitrogens with one attached hydrogen (secondary N) is 1. The first kappa shape index (κ1) is 6.64. The lowest BCUT2D eigenvalue weighted by Gasteiger charge is -2.29. The van der Waals surface area contributed by atoms with E-state index in [4.69, 9.17) is 0 Å². The molecule has 1 heterocycles. The topological polar surface area (TPSA) is 12.0 Å². The molecule has 0 spiro atoms. The summed E-state index contributed by atoms with van der Waals surface area (Å²) in [7, 11) is 0. The third-order valence-electron chi connectivity index (χ3n) is 1.89. The minimum absolute atomic E-state index is 0.594. The van der Waals surface area contributed by atoms with Crippen LogP contribution < -0.4 is 5.32 Å². The fraction of sp³-hybridized carbons (Fsp3) is 0.750. The molecule has 1 unspecified atom stereocenters. The molecule has 50 valence electrons. The Balaban J connectivity index is 2.29. The lowest BCUT2D eigenvalue weighted by molar-refractivity contribution is 0.292. The molecular formula is C8H13N. The first-order valence-corrected chi connectivity index (χ1v) is 3.47. The van der Waals surface area contributed by atoms with Gasteiger partial charge in [-0.2, -0.15) is 0 Å². The monoisotopic (exact) mass is 123 g/mol. The lowest BCUT2D eigenvalue weighted by Crippen LogP contribution is -2.45. The zero-order valence-electron chi connectivity index (χ0n) is 6.07. The quantitative estimate of drug-likeness (QED) is 0.510. The summed E-state index contributed by atoms with van der Waals surface area (Å²) in [4.78, 5) is 0. The summed E-state index contributed by atoms with van der Waals surface area (Å²) < 4.78 is 0. The molecule has 1 aliphatic rings. The second-order valence-electron chi connectivity index (χ2n) is 2.60. The molecule has 0 saturated carbocycles. The van der Waals surface area contributed by atoms with Crippen molar-refractivity contribution in [1.82, 2.24) is 5.32 Å². The van der Waals surface area contributed by atoms with Crippen LogP contribution in [-0.4, -0.2) is 13.1 Å². The average Bonchev–Trinajstić information content (AvgIpc) is 1.60. The van der Waals surface area contributed by atoms with Crippen molar-refractivity contribution in [2.24, 2.45) is 11.8 Å². The first-order chi connectivity index (χ1) is 4.34. The van der Waals surface area contributed by atoms with Crippen molar-refractivity contribution in [2.45, 2.75) is 13.8 Å². The summed E-state index contributed by atoms with van der Waals surface area (Å²) in [5.74, 6) is 7.51. The molecule has 0 aromatic heterocycles. The van der Waals surface area contributed by atoms with E-state index in [0.29, 0.717) is 5.92 Å². The number of rotatable bonds is 1. The minimum Gasteiger partial charge on any atom is -0.316 e. The first-order valence-electron chi connectivity index (χ1n) is 3.47. The van der Waals surface area contributed by atoms with Gasteiger partial charge >= 0.3 is 0 Å². The maximum atomic E-state index is 3.23. The summed E-state index contributed by atoms with van der Waals surface area (Å²) in [6.07, 6.45) is 0. The Hall–Kier alpha value is -0.480. The molecule has 0 aliphatic carbocycles. The van der Waals surface area contributed by atoms with Gasteiger partial charge in [0, 0.05) is 19.0 Å². The van der Waals surface area contributed by atoms with Crippen LogP contribution in [0.3, 0.4) is 0 Å². The van der Waals surface area contributed by atoms with Crippen molar-refractivity contribution in [3.05, 3.63) is 0 Å². The summed E-state index contributed by atoms with van der Waals surface area (Å²) in [6, 6.07) is 0. The normalized spacial score (nSPS) is 21.6. The Bertz CT molecular complexity index is 136. The van der Waals surface area contributed by atoms with Gasteiger partial charge in [0.15, 0.2) is 0 Å². The molecule has 0 aromatic carbocycles. The van der Waals surface area contributed by atoms with Gasteiger partial charge in [-0.15, -0.1) is 11.8 Å². The van der Waals surface area contributed by atoms with Crippen LogP contribution in [0.1, 0.15) is 13.8 Å². The molecule has 9 heavy (non-hydrogen) atoms. The average molecular weight is 123 g/mol. The van der Waals surface area contributed by atoms with E-state index in [-0.39, 0.29) is 0 Å². The van der Waals surface area contributed by atoms with Gasteiger partial charge in [-0.25, -0.2) is 0 Å². The SMILES string of the molecule is CC#CC(C)C1CNC1. The van der Waals surface area contributed by atoms with Gasteiger partial charge in [0.1, 0.15) is 0 Å². The number of hydrogen-bond donors (Lipinski definition) is 1. The highest BCUT2D eigenvalue weighted by molar-refractivity contribution is 5.03. The molecule has 1 saturated heterocycles. The summed E-state index contributed by atoms with van der Waals surface area (Å²) >= 11 is 0. The highest BCUT2D eigenvalue weighted by Gasteiger charge is 2.21. The summed E-state index contributed by atoms with van der Waals surface area (Å²) in [5.41, 5.74) is 0. The maximum Gasteiger partial charge on any atom is 0.0226 e. The van der Waals surface area contributed by atoms with E-state index < -0.39 is 0 Å². The molecule has 1 aliphatic heterocycles.